The van der Waals surface area contributed by atoms with Crippen LogP contribution in [-0.2, 0) is 11.0 Å². The Labute approximate surface area is 119 Å². The fourth-order valence-electron chi connectivity index (χ4n) is 1.75. The van der Waals surface area contributed by atoms with Gasteiger partial charge in [0.1, 0.15) is 0 Å². The number of amides is 1. The summed E-state index contributed by atoms with van der Waals surface area (Å²) in [5.74, 6) is -0.615. The lowest BCUT2D eigenvalue weighted by Gasteiger charge is -2.12. The van der Waals surface area contributed by atoms with E-state index in [0.29, 0.717) is 0 Å². The topological polar surface area (TPSA) is 29.1 Å². The Bertz CT molecular complexity index is 648. The number of halogens is 3. The Morgan fingerprint density at radius 2 is 1.57 bits per heavy atom. The average molecular weight is 291 g/mol. The summed E-state index contributed by atoms with van der Waals surface area (Å²) in [5.41, 5.74) is -0.337. The van der Waals surface area contributed by atoms with Crippen LogP contribution >= 0.6 is 0 Å². The van der Waals surface area contributed by atoms with Gasteiger partial charge in [0.15, 0.2) is 0 Å². The van der Waals surface area contributed by atoms with E-state index >= 15 is 0 Å². The first kappa shape index (κ1) is 14.8. The van der Waals surface area contributed by atoms with E-state index in [1.54, 1.807) is 24.3 Å². The van der Waals surface area contributed by atoms with Crippen molar-refractivity contribution in [2.24, 2.45) is 0 Å². The number of carbonyl (C=O) groups excluding carboxylic acids is 1. The lowest BCUT2D eigenvalue weighted by Crippen LogP contribution is -2.14. The van der Waals surface area contributed by atoms with Gasteiger partial charge in [-0.1, -0.05) is 42.5 Å². The molecule has 0 heterocycles. The van der Waals surface area contributed by atoms with E-state index in [2.05, 4.69) is 5.32 Å². The second-order valence-corrected chi connectivity index (χ2v) is 4.28. The molecule has 0 aliphatic carbocycles. The Morgan fingerprint density at radius 1 is 0.952 bits per heavy atom. The lowest BCUT2D eigenvalue weighted by atomic mass is 10.1. The minimum atomic E-state index is -4.51. The monoisotopic (exact) mass is 291 g/mol. The van der Waals surface area contributed by atoms with Gasteiger partial charge in [0.2, 0.25) is 5.91 Å². The Kier molecular flexibility index (Phi) is 4.42. The smallest absolute Gasteiger partial charge is 0.322 e. The molecule has 0 fully saturated rings. The minimum Gasteiger partial charge on any atom is -0.322 e. The highest BCUT2D eigenvalue weighted by molar-refractivity contribution is 6.02. The van der Waals surface area contributed by atoms with Crippen LogP contribution < -0.4 is 5.32 Å². The largest absolute Gasteiger partial charge is 0.418 e. The van der Waals surface area contributed by atoms with Crippen molar-refractivity contribution in [3.8, 4) is 0 Å². The molecular weight excluding hydrogens is 279 g/mol. The normalized spacial score (nSPS) is 11.6. The summed E-state index contributed by atoms with van der Waals surface area (Å²) in [5, 5.41) is 2.24. The Morgan fingerprint density at radius 3 is 2.24 bits per heavy atom. The molecule has 0 saturated carbocycles. The summed E-state index contributed by atoms with van der Waals surface area (Å²) in [6.07, 6.45) is -1.78. The summed E-state index contributed by atoms with van der Waals surface area (Å²) >= 11 is 0. The molecular formula is C16H12F3NO. The molecule has 1 N–H and O–H groups in total. The molecule has 108 valence electrons. The average Bonchev–Trinajstić information content (AvgIpc) is 2.46. The van der Waals surface area contributed by atoms with Gasteiger partial charge >= 0.3 is 6.18 Å². The van der Waals surface area contributed by atoms with Crippen molar-refractivity contribution in [3.63, 3.8) is 0 Å². The molecule has 0 aliphatic rings. The van der Waals surface area contributed by atoms with Gasteiger partial charge in [0.05, 0.1) is 11.3 Å². The molecule has 0 atom stereocenters. The van der Waals surface area contributed by atoms with Crippen LogP contribution in [0.2, 0.25) is 0 Å². The molecule has 0 aliphatic heterocycles. The molecule has 2 aromatic carbocycles. The van der Waals surface area contributed by atoms with Crippen LogP contribution in [0.1, 0.15) is 11.1 Å². The second-order valence-electron chi connectivity index (χ2n) is 4.28. The van der Waals surface area contributed by atoms with E-state index in [0.717, 1.165) is 11.6 Å². The number of carbonyl (C=O) groups is 1. The van der Waals surface area contributed by atoms with E-state index in [1.165, 1.54) is 30.4 Å². The van der Waals surface area contributed by atoms with E-state index in [4.69, 9.17) is 0 Å². The second kappa shape index (κ2) is 6.26. The molecule has 2 rings (SSSR count). The zero-order valence-corrected chi connectivity index (χ0v) is 10.9. The summed E-state index contributed by atoms with van der Waals surface area (Å²) in [7, 11) is 0. The van der Waals surface area contributed by atoms with E-state index in [9.17, 15) is 18.0 Å². The first-order valence-corrected chi connectivity index (χ1v) is 6.17. The van der Waals surface area contributed by atoms with Crippen molar-refractivity contribution in [2.75, 3.05) is 5.32 Å². The Hall–Kier alpha value is -2.56. The zero-order valence-electron chi connectivity index (χ0n) is 10.9. The highest BCUT2D eigenvalue weighted by atomic mass is 19.4. The third kappa shape index (κ3) is 4.21. The van der Waals surface area contributed by atoms with Crippen molar-refractivity contribution < 1.29 is 18.0 Å². The molecule has 0 radical (unpaired) electrons. The van der Waals surface area contributed by atoms with Crippen molar-refractivity contribution in [3.05, 3.63) is 71.8 Å². The first-order chi connectivity index (χ1) is 9.97. The number of hydrogen-bond donors (Lipinski definition) is 1. The van der Waals surface area contributed by atoms with Gasteiger partial charge in [-0.25, -0.2) is 0 Å². The summed E-state index contributed by atoms with van der Waals surface area (Å²) in [4.78, 5) is 11.7. The number of benzene rings is 2. The standard InChI is InChI=1S/C16H12F3NO/c17-16(18,19)13-8-4-5-9-14(13)20-15(21)11-10-12-6-2-1-3-7-12/h1-11H,(H,20,21)/b11-10+. The molecule has 0 bridgehead atoms. The van der Waals surface area contributed by atoms with Crippen molar-refractivity contribution >= 4 is 17.7 Å². The number of nitrogens with one attached hydrogen (secondary N) is 1. The fraction of sp³-hybridized carbons (Fsp3) is 0.0625. The predicted octanol–water partition coefficient (Wildman–Crippen LogP) is 4.36. The SMILES string of the molecule is O=C(/C=C/c1ccccc1)Nc1ccccc1C(F)(F)F. The summed E-state index contributed by atoms with van der Waals surface area (Å²) < 4.78 is 38.3. The summed E-state index contributed by atoms with van der Waals surface area (Å²) in [6, 6.07) is 13.9. The minimum absolute atomic E-state index is 0.257. The highest BCUT2D eigenvalue weighted by Crippen LogP contribution is 2.34. The van der Waals surface area contributed by atoms with Crippen LogP contribution in [0.25, 0.3) is 6.08 Å². The van der Waals surface area contributed by atoms with E-state index in [1.807, 2.05) is 6.07 Å². The van der Waals surface area contributed by atoms with Crippen LogP contribution in [0.15, 0.2) is 60.7 Å². The van der Waals surface area contributed by atoms with Crippen LogP contribution in [0.5, 0.6) is 0 Å². The molecule has 0 unspecified atom stereocenters. The van der Waals surface area contributed by atoms with E-state index in [-0.39, 0.29) is 5.69 Å². The maximum Gasteiger partial charge on any atom is 0.418 e. The number of para-hydroxylation sites is 1. The maximum absolute atomic E-state index is 12.8. The molecule has 21 heavy (non-hydrogen) atoms. The zero-order chi connectivity index (χ0) is 15.3. The molecule has 0 aromatic heterocycles. The van der Waals surface area contributed by atoms with E-state index < -0.39 is 17.6 Å². The van der Waals surface area contributed by atoms with Crippen molar-refractivity contribution in [2.45, 2.75) is 6.18 Å². The first-order valence-electron chi connectivity index (χ1n) is 6.17. The van der Waals surface area contributed by atoms with Gasteiger partial charge in [-0.05, 0) is 23.8 Å². The van der Waals surface area contributed by atoms with Gasteiger partial charge in [-0.3, -0.25) is 4.79 Å². The molecule has 2 aromatic rings. The number of rotatable bonds is 3. The third-order valence-electron chi connectivity index (χ3n) is 2.72. The van der Waals surface area contributed by atoms with Crippen molar-refractivity contribution in [1.29, 1.82) is 0 Å². The van der Waals surface area contributed by atoms with Gasteiger partial charge in [0.25, 0.3) is 0 Å². The molecule has 1 amide bonds. The van der Waals surface area contributed by atoms with Gasteiger partial charge in [-0.15, -0.1) is 0 Å². The lowest BCUT2D eigenvalue weighted by molar-refractivity contribution is -0.136. The molecule has 0 spiro atoms. The van der Waals surface area contributed by atoms with Crippen LogP contribution in [0.3, 0.4) is 0 Å². The number of anilines is 1. The summed E-state index contributed by atoms with van der Waals surface area (Å²) in [6.45, 7) is 0. The van der Waals surface area contributed by atoms with Crippen molar-refractivity contribution in [1.82, 2.24) is 0 Å². The number of hydrogen-bond acceptors (Lipinski definition) is 1. The third-order valence-corrected chi connectivity index (χ3v) is 2.72. The van der Waals surface area contributed by atoms with Gasteiger partial charge in [0, 0.05) is 6.08 Å². The number of alkyl halides is 3. The molecule has 5 heteroatoms. The van der Waals surface area contributed by atoms with Gasteiger partial charge < -0.3 is 5.32 Å². The quantitative estimate of drug-likeness (QED) is 0.836. The van der Waals surface area contributed by atoms with Crippen LogP contribution in [-0.4, -0.2) is 5.91 Å². The maximum atomic E-state index is 12.8. The fourth-order valence-corrected chi connectivity index (χ4v) is 1.75. The molecule has 2 nitrogen and oxygen atoms in total. The van der Waals surface area contributed by atoms with Crippen LogP contribution in [0.4, 0.5) is 18.9 Å². The predicted molar refractivity (Wildman–Crippen MR) is 75.5 cm³/mol. The highest BCUT2D eigenvalue weighted by Gasteiger charge is 2.33. The Balaban J connectivity index is 2.12. The van der Waals surface area contributed by atoms with Crippen LogP contribution in [0, 0.1) is 0 Å². The molecule has 0 saturated heterocycles. The van der Waals surface area contributed by atoms with Gasteiger partial charge in [-0.2, -0.15) is 13.2 Å².